The van der Waals surface area contributed by atoms with Crippen molar-refractivity contribution in [1.82, 2.24) is 9.88 Å². The fourth-order valence-electron chi connectivity index (χ4n) is 4.97. The van der Waals surface area contributed by atoms with Gasteiger partial charge in [0.15, 0.2) is 0 Å². The highest BCUT2D eigenvalue weighted by molar-refractivity contribution is 5.23. The molecule has 0 radical (unpaired) electrons. The molecule has 1 saturated carbocycles. The maximum absolute atomic E-state index is 10.9. The van der Waals surface area contributed by atoms with E-state index in [0.717, 1.165) is 19.5 Å². The van der Waals surface area contributed by atoms with Gasteiger partial charge in [-0.2, -0.15) is 0 Å². The second-order valence-corrected chi connectivity index (χ2v) is 8.10. The highest BCUT2D eigenvalue weighted by Crippen LogP contribution is 2.47. The molecule has 0 spiro atoms. The molecule has 1 saturated heterocycles. The van der Waals surface area contributed by atoms with Gasteiger partial charge in [-0.3, -0.25) is 9.88 Å². The van der Waals surface area contributed by atoms with E-state index in [1.807, 2.05) is 25.4 Å². The molecule has 0 aromatic carbocycles. The molecule has 132 valence electrons. The Morgan fingerprint density at radius 2 is 2.24 bits per heavy atom. The fraction of sp³-hybridized carbons (Fsp3) is 0.591. The zero-order valence-corrected chi connectivity index (χ0v) is 15.1. The van der Waals surface area contributed by atoms with Crippen molar-refractivity contribution in [3.63, 3.8) is 0 Å². The van der Waals surface area contributed by atoms with Gasteiger partial charge in [-0.1, -0.05) is 36.5 Å². The molecule has 3 heteroatoms. The Hall–Kier alpha value is -1.63. The second-order valence-electron chi connectivity index (χ2n) is 8.10. The van der Waals surface area contributed by atoms with Gasteiger partial charge >= 0.3 is 0 Å². The van der Waals surface area contributed by atoms with Gasteiger partial charge in [-0.25, -0.2) is 0 Å². The molecule has 3 nitrogen and oxygen atoms in total. The van der Waals surface area contributed by atoms with Gasteiger partial charge in [0.1, 0.15) is 5.60 Å². The summed E-state index contributed by atoms with van der Waals surface area (Å²) < 4.78 is 0. The maximum Gasteiger partial charge on any atom is 0.126 e. The smallest absolute Gasteiger partial charge is 0.126 e. The molecule has 5 unspecified atom stereocenters. The first kappa shape index (κ1) is 16.8. The third-order valence-corrected chi connectivity index (χ3v) is 6.31. The Kier molecular flexibility index (Phi) is 4.67. The zero-order valence-electron chi connectivity index (χ0n) is 15.1. The predicted molar refractivity (Wildman–Crippen MR) is 99.6 cm³/mol. The summed E-state index contributed by atoms with van der Waals surface area (Å²) in [5.74, 6) is 8.02. The number of aromatic nitrogens is 1. The maximum atomic E-state index is 10.9. The number of likely N-dealkylation sites (tertiary alicyclic amines) is 1. The van der Waals surface area contributed by atoms with Crippen molar-refractivity contribution in [2.24, 2.45) is 17.8 Å². The molecule has 0 amide bonds. The van der Waals surface area contributed by atoms with E-state index in [9.17, 15) is 5.11 Å². The van der Waals surface area contributed by atoms with Crippen molar-refractivity contribution in [3.8, 4) is 11.8 Å². The lowest BCUT2D eigenvalue weighted by Gasteiger charge is -2.34. The Labute approximate surface area is 151 Å². The van der Waals surface area contributed by atoms with E-state index >= 15 is 0 Å². The SMILES string of the molecule is CC(O)(C#CCN1CCCCC1c1cccnc1)C1CC2C=CC1C2. The molecule has 1 aromatic heterocycles. The second kappa shape index (κ2) is 6.94. The Morgan fingerprint density at radius 1 is 1.32 bits per heavy atom. The third-order valence-electron chi connectivity index (χ3n) is 6.31. The van der Waals surface area contributed by atoms with Gasteiger partial charge in [0.05, 0.1) is 6.54 Å². The molecule has 4 rings (SSSR count). The van der Waals surface area contributed by atoms with Crippen LogP contribution >= 0.6 is 0 Å². The molecule has 1 aliphatic heterocycles. The first-order valence-corrected chi connectivity index (χ1v) is 9.68. The first-order chi connectivity index (χ1) is 12.1. The van der Waals surface area contributed by atoms with Crippen LogP contribution in [0.3, 0.4) is 0 Å². The van der Waals surface area contributed by atoms with Gasteiger partial charge < -0.3 is 5.11 Å². The molecule has 1 aromatic rings. The predicted octanol–water partition coefficient (Wildman–Crippen LogP) is 3.58. The van der Waals surface area contributed by atoms with E-state index in [4.69, 9.17) is 0 Å². The molecule has 25 heavy (non-hydrogen) atoms. The fourth-order valence-corrected chi connectivity index (χ4v) is 4.97. The Bertz CT molecular complexity index is 685. The van der Waals surface area contributed by atoms with Gasteiger partial charge in [0.2, 0.25) is 0 Å². The van der Waals surface area contributed by atoms with Crippen LogP contribution in [0.15, 0.2) is 36.7 Å². The minimum Gasteiger partial charge on any atom is -0.378 e. The normalized spacial score (nSPS) is 33.7. The van der Waals surface area contributed by atoms with Gasteiger partial charge in [-0.05, 0) is 62.6 Å². The van der Waals surface area contributed by atoms with Crippen LogP contribution in [0.25, 0.3) is 0 Å². The number of hydrogen-bond acceptors (Lipinski definition) is 3. The summed E-state index contributed by atoms with van der Waals surface area (Å²) in [7, 11) is 0. The van der Waals surface area contributed by atoms with Crippen LogP contribution in [-0.2, 0) is 0 Å². The van der Waals surface area contributed by atoms with Crippen LogP contribution in [-0.4, -0.2) is 33.7 Å². The van der Waals surface area contributed by atoms with E-state index < -0.39 is 5.60 Å². The number of rotatable bonds is 3. The quantitative estimate of drug-likeness (QED) is 0.677. The highest BCUT2D eigenvalue weighted by Gasteiger charge is 2.44. The van der Waals surface area contributed by atoms with Crippen LogP contribution in [0.5, 0.6) is 0 Å². The number of hydrogen-bond donors (Lipinski definition) is 1. The molecule has 2 aliphatic carbocycles. The van der Waals surface area contributed by atoms with Crippen molar-refractivity contribution in [3.05, 3.63) is 42.2 Å². The largest absolute Gasteiger partial charge is 0.378 e. The van der Waals surface area contributed by atoms with E-state index in [0.29, 0.717) is 23.8 Å². The molecule has 3 aliphatic rings. The van der Waals surface area contributed by atoms with Gasteiger partial charge in [0, 0.05) is 24.4 Å². The molecule has 2 heterocycles. The van der Waals surface area contributed by atoms with Crippen molar-refractivity contribution < 1.29 is 5.11 Å². The molecular formula is C22H28N2O. The van der Waals surface area contributed by atoms with Crippen LogP contribution in [0.2, 0.25) is 0 Å². The summed E-state index contributed by atoms with van der Waals surface area (Å²) in [6.45, 7) is 3.72. The van der Waals surface area contributed by atoms with Crippen LogP contribution in [0, 0.1) is 29.6 Å². The van der Waals surface area contributed by atoms with Crippen LogP contribution < -0.4 is 0 Å². The van der Waals surface area contributed by atoms with Crippen molar-refractivity contribution in [1.29, 1.82) is 0 Å². The van der Waals surface area contributed by atoms with Gasteiger partial charge in [0.25, 0.3) is 0 Å². The minimum absolute atomic E-state index is 0.297. The van der Waals surface area contributed by atoms with Crippen LogP contribution in [0.4, 0.5) is 0 Å². The average molecular weight is 336 g/mol. The lowest BCUT2D eigenvalue weighted by atomic mass is 9.80. The lowest BCUT2D eigenvalue weighted by Crippen LogP contribution is -2.36. The average Bonchev–Trinajstić information content (AvgIpc) is 3.27. The molecule has 2 fully saturated rings. The molecular weight excluding hydrogens is 308 g/mol. The van der Waals surface area contributed by atoms with Crippen LogP contribution in [0.1, 0.15) is 50.6 Å². The first-order valence-electron chi connectivity index (χ1n) is 9.68. The topological polar surface area (TPSA) is 36.4 Å². The minimum atomic E-state index is -0.871. The van der Waals surface area contributed by atoms with Crippen molar-refractivity contribution in [2.45, 2.75) is 50.7 Å². The summed E-state index contributed by atoms with van der Waals surface area (Å²) in [6, 6.07) is 4.59. The Morgan fingerprint density at radius 3 is 2.96 bits per heavy atom. The standard InChI is InChI=1S/C22H28N2O/c1-22(25,20-15-17-8-9-18(20)14-17)10-5-13-24-12-3-2-7-21(24)19-6-4-11-23-16-19/h4,6,8-9,11,16-18,20-21,25H,2-3,7,12-15H2,1H3. The summed E-state index contributed by atoms with van der Waals surface area (Å²) in [4.78, 5) is 6.73. The number of fused-ring (bicyclic) bond motifs is 2. The summed E-state index contributed by atoms with van der Waals surface area (Å²) in [5, 5.41) is 10.9. The number of aliphatic hydroxyl groups is 1. The van der Waals surface area contributed by atoms with Gasteiger partial charge in [-0.15, -0.1) is 0 Å². The summed E-state index contributed by atoms with van der Waals surface area (Å²) in [5.41, 5.74) is 0.415. The van der Waals surface area contributed by atoms with Crippen molar-refractivity contribution >= 4 is 0 Å². The van der Waals surface area contributed by atoms with E-state index in [1.165, 1.54) is 31.2 Å². The monoisotopic (exact) mass is 336 g/mol. The molecule has 2 bridgehead atoms. The Balaban J connectivity index is 1.43. The third kappa shape index (κ3) is 3.52. The number of nitrogens with zero attached hydrogens (tertiary/aromatic N) is 2. The number of piperidine rings is 1. The number of allylic oxidation sites excluding steroid dienone is 2. The highest BCUT2D eigenvalue weighted by atomic mass is 16.3. The summed E-state index contributed by atoms with van der Waals surface area (Å²) in [6.07, 6.45) is 14.4. The van der Waals surface area contributed by atoms with Crippen molar-refractivity contribution in [2.75, 3.05) is 13.1 Å². The van der Waals surface area contributed by atoms with E-state index in [2.05, 4.69) is 39.9 Å². The van der Waals surface area contributed by atoms with E-state index in [1.54, 1.807) is 0 Å². The zero-order chi connectivity index (χ0) is 17.3. The van der Waals surface area contributed by atoms with E-state index in [-0.39, 0.29) is 0 Å². The lowest BCUT2D eigenvalue weighted by molar-refractivity contribution is 0.0430. The number of pyridine rings is 1. The summed E-state index contributed by atoms with van der Waals surface area (Å²) >= 11 is 0. The molecule has 5 atom stereocenters. The molecule has 1 N–H and O–H groups in total.